The Balaban J connectivity index is 1.58. The molecule has 158 valence electrons. The molecule has 0 radical (unpaired) electrons. The second-order valence-electron chi connectivity index (χ2n) is 7.12. The van der Waals surface area contributed by atoms with Gasteiger partial charge in [0.1, 0.15) is 5.82 Å². The van der Waals surface area contributed by atoms with Crippen LogP contribution >= 0.6 is 0 Å². The topological polar surface area (TPSA) is 86.5 Å². The van der Waals surface area contributed by atoms with Gasteiger partial charge in [-0.05, 0) is 56.0 Å². The summed E-state index contributed by atoms with van der Waals surface area (Å²) in [5, 5.41) is 9.21. The van der Waals surface area contributed by atoms with Gasteiger partial charge >= 0.3 is 5.97 Å². The molecule has 0 saturated heterocycles. The molecule has 0 fully saturated rings. The molecule has 2 heterocycles. The highest BCUT2D eigenvalue weighted by Crippen LogP contribution is 2.27. The molecule has 1 aromatic carbocycles. The standard InChI is InChI=1S/C23H27N3O4/c1-16-13-18(23(27)28)15-19(25-16)5-4-6-22-24-10-12-26(22)11-9-17-7-8-20(29-2)21(14-17)30-3/h7-8,10,12-15H,4-6,9,11H2,1-3H3,(H,27,28). The lowest BCUT2D eigenvalue weighted by molar-refractivity contribution is 0.0696. The van der Waals surface area contributed by atoms with E-state index < -0.39 is 5.97 Å². The Hall–Kier alpha value is -3.35. The number of methoxy groups -OCH3 is 2. The fraction of sp³-hybridized carbons (Fsp3) is 0.348. The molecule has 0 saturated carbocycles. The molecule has 7 heteroatoms. The van der Waals surface area contributed by atoms with Gasteiger partial charge in [0.2, 0.25) is 0 Å². The molecule has 0 bridgehead atoms. The number of nitrogens with zero attached hydrogens (tertiary/aromatic N) is 3. The summed E-state index contributed by atoms with van der Waals surface area (Å²) in [5.41, 5.74) is 2.98. The molecule has 0 aliphatic rings. The molecule has 0 atom stereocenters. The van der Waals surface area contributed by atoms with E-state index in [4.69, 9.17) is 9.47 Å². The lowest BCUT2D eigenvalue weighted by atomic mass is 10.1. The van der Waals surface area contributed by atoms with E-state index in [1.165, 1.54) is 0 Å². The SMILES string of the molecule is COc1ccc(CCn2ccnc2CCCc2cc(C(=O)O)cc(C)n2)cc1OC. The Kier molecular flexibility index (Phi) is 7.06. The molecule has 2 aromatic heterocycles. The molecular formula is C23H27N3O4. The van der Waals surface area contributed by atoms with Crippen LogP contribution in [-0.4, -0.2) is 39.8 Å². The van der Waals surface area contributed by atoms with Crippen LogP contribution in [0.4, 0.5) is 0 Å². The van der Waals surface area contributed by atoms with Crippen molar-refractivity contribution in [1.29, 1.82) is 0 Å². The van der Waals surface area contributed by atoms with E-state index in [1.807, 2.05) is 37.5 Å². The highest BCUT2D eigenvalue weighted by Gasteiger charge is 2.09. The predicted octanol–water partition coefficient (Wildman–Crippen LogP) is 3.72. The summed E-state index contributed by atoms with van der Waals surface area (Å²) < 4.78 is 12.8. The minimum Gasteiger partial charge on any atom is -0.493 e. The maximum absolute atomic E-state index is 11.2. The minimum absolute atomic E-state index is 0.286. The van der Waals surface area contributed by atoms with E-state index in [0.29, 0.717) is 6.42 Å². The van der Waals surface area contributed by atoms with Crippen LogP contribution < -0.4 is 9.47 Å². The van der Waals surface area contributed by atoms with E-state index in [-0.39, 0.29) is 5.56 Å². The third-order valence-corrected chi connectivity index (χ3v) is 4.98. The number of imidazole rings is 1. The quantitative estimate of drug-likeness (QED) is 0.549. The van der Waals surface area contributed by atoms with Gasteiger partial charge in [-0.25, -0.2) is 9.78 Å². The third-order valence-electron chi connectivity index (χ3n) is 4.98. The second kappa shape index (κ2) is 9.91. The van der Waals surface area contributed by atoms with E-state index in [9.17, 15) is 9.90 Å². The first-order valence-corrected chi connectivity index (χ1v) is 9.92. The van der Waals surface area contributed by atoms with Crippen molar-refractivity contribution < 1.29 is 19.4 Å². The zero-order valence-electron chi connectivity index (χ0n) is 17.6. The average Bonchev–Trinajstić information content (AvgIpc) is 3.18. The Morgan fingerprint density at radius 1 is 1.07 bits per heavy atom. The van der Waals surface area contributed by atoms with Gasteiger partial charge in [0.15, 0.2) is 11.5 Å². The number of ether oxygens (including phenoxy) is 2. The molecule has 0 unspecified atom stereocenters. The molecule has 0 aliphatic carbocycles. The third kappa shape index (κ3) is 5.37. The minimum atomic E-state index is -0.924. The van der Waals surface area contributed by atoms with Crippen molar-refractivity contribution in [2.24, 2.45) is 0 Å². The fourth-order valence-electron chi connectivity index (χ4n) is 3.47. The summed E-state index contributed by atoms with van der Waals surface area (Å²) in [6, 6.07) is 9.20. The van der Waals surface area contributed by atoms with Crippen LogP contribution in [0.5, 0.6) is 11.5 Å². The molecule has 3 rings (SSSR count). The van der Waals surface area contributed by atoms with E-state index >= 15 is 0 Å². The zero-order valence-corrected chi connectivity index (χ0v) is 17.6. The summed E-state index contributed by atoms with van der Waals surface area (Å²) >= 11 is 0. The van der Waals surface area contributed by atoms with E-state index in [0.717, 1.165) is 60.1 Å². The van der Waals surface area contributed by atoms with Gasteiger partial charge in [-0.2, -0.15) is 0 Å². The van der Waals surface area contributed by atoms with Crippen molar-refractivity contribution in [3.05, 3.63) is 71.1 Å². The Morgan fingerprint density at radius 2 is 1.87 bits per heavy atom. The summed E-state index contributed by atoms with van der Waals surface area (Å²) in [6.07, 6.45) is 7.02. The normalized spacial score (nSPS) is 10.8. The van der Waals surface area contributed by atoms with Crippen LogP contribution in [-0.2, 0) is 25.8 Å². The number of aromatic nitrogens is 3. The zero-order chi connectivity index (χ0) is 21.5. The number of pyridine rings is 1. The van der Waals surface area contributed by atoms with Gasteiger partial charge in [-0.3, -0.25) is 4.98 Å². The lowest BCUT2D eigenvalue weighted by Crippen LogP contribution is -2.07. The largest absolute Gasteiger partial charge is 0.493 e. The summed E-state index contributed by atoms with van der Waals surface area (Å²) in [5.74, 6) is 1.54. The number of carbonyl (C=O) groups is 1. The van der Waals surface area contributed by atoms with Gasteiger partial charge in [0.25, 0.3) is 0 Å². The lowest BCUT2D eigenvalue weighted by Gasteiger charge is -2.11. The number of hydrogen-bond acceptors (Lipinski definition) is 5. The van der Waals surface area contributed by atoms with Crippen LogP contribution in [0.25, 0.3) is 0 Å². The maximum atomic E-state index is 11.2. The number of carboxylic acids is 1. The molecule has 0 amide bonds. The highest BCUT2D eigenvalue weighted by molar-refractivity contribution is 5.87. The van der Waals surface area contributed by atoms with E-state index in [2.05, 4.69) is 14.5 Å². The van der Waals surface area contributed by atoms with Crippen LogP contribution in [0.2, 0.25) is 0 Å². The Labute approximate surface area is 176 Å². The molecule has 0 spiro atoms. The van der Waals surface area contributed by atoms with Crippen LogP contribution in [0, 0.1) is 6.92 Å². The molecule has 3 aromatic rings. The van der Waals surface area contributed by atoms with Crippen LogP contribution in [0.3, 0.4) is 0 Å². The van der Waals surface area contributed by atoms with Crippen molar-refractivity contribution in [2.75, 3.05) is 14.2 Å². The first-order chi connectivity index (χ1) is 14.5. The second-order valence-corrected chi connectivity index (χ2v) is 7.12. The van der Waals surface area contributed by atoms with Crippen molar-refractivity contribution in [2.45, 2.75) is 39.2 Å². The number of rotatable bonds is 10. The molecular weight excluding hydrogens is 382 g/mol. The van der Waals surface area contributed by atoms with Crippen molar-refractivity contribution in [3.63, 3.8) is 0 Å². The molecule has 7 nitrogen and oxygen atoms in total. The molecule has 0 aliphatic heterocycles. The Bertz CT molecular complexity index is 1010. The number of aryl methyl sites for hydroxylation is 5. The van der Waals surface area contributed by atoms with Gasteiger partial charge in [0, 0.05) is 36.7 Å². The van der Waals surface area contributed by atoms with Gasteiger partial charge in [0.05, 0.1) is 19.8 Å². The first-order valence-electron chi connectivity index (χ1n) is 9.92. The van der Waals surface area contributed by atoms with Gasteiger partial charge < -0.3 is 19.1 Å². The summed E-state index contributed by atoms with van der Waals surface area (Å²) in [4.78, 5) is 20.2. The van der Waals surface area contributed by atoms with Crippen molar-refractivity contribution in [3.8, 4) is 11.5 Å². The van der Waals surface area contributed by atoms with Crippen molar-refractivity contribution >= 4 is 5.97 Å². The molecule has 1 N–H and O–H groups in total. The number of benzene rings is 1. The fourth-order valence-corrected chi connectivity index (χ4v) is 3.47. The average molecular weight is 409 g/mol. The number of aromatic carboxylic acids is 1. The van der Waals surface area contributed by atoms with Crippen LogP contribution in [0.15, 0.2) is 42.7 Å². The first kappa shape index (κ1) is 21.4. The maximum Gasteiger partial charge on any atom is 0.335 e. The predicted molar refractivity (Wildman–Crippen MR) is 113 cm³/mol. The van der Waals surface area contributed by atoms with E-state index in [1.54, 1.807) is 26.4 Å². The monoisotopic (exact) mass is 409 g/mol. The number of hydrogen-bond donors (Lipinski definition) is 1. The Morgan fingerprint density at radius 3 is 2.60 bits per heavy atom. The van der Waals surface area contributed by atoms with Crippen LogP contribution in [0.1, 0.15) is 39.6 Å². The summed E-state index contributed by atoms with van der Waals surface area (Å²) in [6.45, 7) is 2.63. The van der Waals surface area contributed by atoms with Gasteiger partial charge in [-0.1, -0.05) is 6.07 Å². The highest BCUT2D eigenvalue weighted by atomic mass is 16.5. The molecule has 30 heavy (non-hydrogen) atoms. The smallest absolute Gasteiger partial charge is 0.335 e. The summed E-state index contributed by atoms with van der Waals surface area (Å²) in [7, 11) is 3.27. The number of carboxylic acid groups (broad SMARTS) is 1. The van der Waals surface area contributed by atoms with Gasteiger partial charge in [-0.15, -0.1) is 0 Å². The van der Waals surface area contributed by atoms with Crippen molar-refractivity contribution in [1.82, 2.24) is 14.5 Å².